The summed E-state index contributed by atoms with van der Waals surface area (Å²) in [4.78, 5) is 11.9. The average molecular weight is 349 g/mol. The molecule has 0 amide bonds. The van der Waals surface area contributed by atoms with Crippen molar-refractivity contribution in [2.24, 2.45) is 7.05 Å². The molecule has 128 valence electrons. The Bertz CT molecular complexity index is 1200. The lowest BCUT2D eigenvalue weighted by atomic mass is 9.97. The fourth-order valence-electron chi connectivity index (χ4n) is 3.39. The first-order valence-electron chi connectivity index (χ1n) is 7.98. The first kappa shape index (κ1) is 16.1. The highest BCUT2D eigenvalue weighted by Gasteiger charge is 2.19. The molecule has 5 heteroatoms. The minimum atomic E-state index is -1.30. The number of carboxylic acid groups (broad SMARTS) is 1. The summed E-state index contributed by atoms with van der Waals surface area (Å²) in [6, 6.07) is 15.5. The van der Waals surface area contributed by atoms with Crippen molar-refractivity contribution in [2.75, 3.05) is 0 Å². The second kappa shape index (κ2) is 5.88. The lowest BCUT2D eigenvalue weighted by Gasteiger charge is -2.12. The van der Waals surface area contributed by atoms with E-state index < -0.39 is 17.6 Å². The van der Waals surface area contributed by atoms with E-state index in [4.69, 9.17) is 0 Å². The van der Waals surface area contributed by atoms with Crippen LogP contribution >= 0.6 is 0 Å². The van der Waals surface area contributed by atoms with Crippen LogP contribution in [-0.2, 0) is 7.05 Å². The van der Waals surface area contributed by atoms with Crippen molar-refractivity contribution in [3.05, 3.63) is 77.9 Å². The molecule has 3 nitrogen and oxygen atoms in total. The van der Waals surface area contributed by atoms with Gasteiger partial charge in [-0.25, -0.2) is 8.78 Å². The number of hydrogen-bond acceptors (Lipinski definition) is 2. The number of aromatic carboxylic acids is 1. The van der Waals surface area contributed by atoms with Gasteiger partial charge in [-0.05, 0) is 35.9 Å². The Hall–Kier alpha value is -3.34. The molecule has 0 aliphatic rings. The average Bonchev–Trinajstić information content (AvgIpc) is 2.61. The molecule has 0 aliphatic heterocycles. The van der Waals surface area contributed by atoms with Crippen LogP contribution in [0, 0.1) is 11.6 Å². The van der Waals surface area contributed by atoms with E-state index in [0.717, 1.165) is 11.6 Å². The highest BCUT2D eigenvalue weighted by Crippen LogP contribution is 2.30. The number of rotatable bonds is 2. The van der Waals surface area contributed by atoms with Gasteiger partial charge in [-0.1, -0.05) is 12.1 Å². The summed E-state index contributed by atoms with van der Waals surface area (Å²) in [5.74, 6) is -2.67. The summed E-state index contributed by atoms with van der Waals surface area (Å²) in [5.41, 5.74) is 2.15. The Morgan fingerprint density at radius 3 is 2.38 bits per heavy atom. The lowest BCUT2D eigenvalue weighted by molar-refractivity contribution is -0.617. The third-order valence-electron chi connectivity index (χ3n) is 4.61. The van der Waals surface area contributed by atoms with Crippen LogP contribution in [-0.4, -0.2) is 5.97 Å². The molecule has 0 N–H and O–H groups in total. The fourth-order valence-corrected chi connectivity index (χ4v) is 3.39. The Balaban J connectivity index is 2.11. The van der Waals surface area contributed by atoms with Gasteiger partial charge in [0, 0.05) is 29.3 Å². The molecule has 1 heterocycles. The number of carbonyl (C=O) groups is 1. The molecule has 1 aromatic heterocycles. The van der Waals surface area contributed by atoms with E-state index in [2.05, 4.69) is 0 Å². The van der Waals surface area contributed by atoms with Gasteiger partial charge in [0.15, 0.2) is 0 Å². The maximum atomic E-state index is 14.2. The SMILES string of the molecule is C[n+]1c2ccccc2c(C(=O)[O-])c2cc(-c3ccc(F)cc3F)ccc21. The first-order chi connectivity index (χ1) is 12.5. The minimum absolute atomic E-state index is 0.0538. The molecule has 4 aromatic rings. The van der Waals surface area contributed by atoms with E-state index in [9.17, 15) is 18.7 Å². The van der Waals surface area contributed by atoms with Crippen LogP contribution in [0.4, 0.5) is 8.78 Å². The topological polar surface area (TPSA) is 44.0 Å². The summed E-state index contributed by atoms with van der Waals surface area (Å²) < 4.78 is 29.2. The Morgan fingerprint density at radius 1 is 0.923 bits per heavy atom. The second-order valence-electron chi connectivity index (χ2n) is 6.09. The number of aryl methyl sites for hydroxylation is 1. The van der Waals surface area contributed by atoms with Crippen LogP contribution in [0.25, 0.3) is 32.9 Å². The van der Waals surface area contributed by atoms with Crippen LogP contribution in [0.1, 0.15) is 10.4 Å². The van der Waals surface area contributed by atoms with Crippen molar-refractivity contribution in [3.8, 4) is 11.1 Å². The number of carbonyl (C=O) groups excluding carboxylic acids is 1. The molecule has 0 unspecified atom stereocenters. The molecule has 0 saturated heterocycles. The van der Waals surface area contributed by atoms with Crippen molar-refractivity contribution >= 4 is 27.8 Å². The summed E-state index contributed by atoms with van der Waals surface area (Å²) in [6.07, 6.45) is 0. The minimum Gasteiger partial charge on any atom is -0.545 e. The van der Waals surface area contributed by atoms with Crippen molar-refractivity contribution in [1.82, 2.24) is 0 Å². The van der Waals surface area contributed by atoms with Gasteiger partial charge in [0.1, 0.15) is 18.7 Å². The molecule has 0 bridgehead atoms. The molecule has 0 aliphatic carbocycles. The van der Waals surface area contributed by atoms with E-state index in [1.807, 2.05) is 23.7 Å². The predicted octanol–water partition coefficient (Wildman–Crippen LogP) is 3.13. The number of benzene rings is 3. The Kier molecular flexibility index (Phi) is 3.65. The number of para-hydroxylation sites is 1. The third-order valence-corrected chi connectivity index (χ3v) is 4.61. The monoisotopic (exact) mass is 349 g/mol. The normalized spacial score (nSPS) is 11.2. The molecule has 3 aromatic carbocycles. The van der Waals surface area contributed by atoms with Crippen molar-refractivity contribution in [2.45, 2.75) is 0 Å². The Labute approximate surface area is 147 Å². The molecular formula is C21H13F2NO2. The van der Waals surface area contributed by atoms with Gasteiger partial charge >= 0.3 is 0 Å². The van der Waals surface area contributed by atoms with Crippen LogP contribution in [0.3, 0.4) is 0 Å². The smallest absolute Gasteiger partial charge is 0.213 e. The molecule has 0 saturated carbocycles. The number of pyridine rings is 1. The molecular weight excluding hydrogens is 336 g/mol. The zero-order valence-electron chi connectivity index (χ0n) is 13.8. The van der Waals surface area contributed by atoms with Gasteiger partial charge in [-0.15, -0.1) is 0 Å². The molecule has 4 rings (SSSR count). The van der Waals surface area contributed by atoms with Gasteiger partial charge in [0.25, 0.3) is 0 Å². The van der Waals surface area contributed by atoms with E-state index in [-0.39, 0.29) is 11.1 Å². The van der Waals surface area contributed by atoms with Gasteiger partial charge < -0.3 is 9.90 Å². The van der Waals surface area contributed by atoms with Crippen molar-refractivity contribution in [3.63, 3.8) is 0 Å². The van der Waals surface area contributed by atoms with Gasteiger partial charge in [0.05, 0.1) is 16.7 Å². The molecule has 0 radical (unpaired) electrons. The van der Waals surface area contributed by atoms with Crippen molar-refractivity contribution < 1.29 is 23.2 Å². The van der Waals surface area contributed by atoms with Gasteiger partial charge in [-0.3, -0.25) is 0 Å². The molecule has 0 atom stereocenters. The van der Waals surface area contributed by atoms with E-state index in [0.29, 0.717) is 21.9 Å². The van der Waals surface area contributed by atoms with Crippen LogP contribution < -0.4 is 9.67 Å². The standard InChI is InChI=1S/C21H13F2NO2/c1-24-18-5-3-2-4-15(18)20(21(25)26)16-10-12(6-9-19(16)24)14-8-7-13(22)11-17(14)23/h2-11H,1H3. The first-order valence-corrected chi connectivity index (χ1v) is 7.98. The maximum absolute atomic E-state index is 14.2. The van der Waals surface area contributed by atoms with Crippen LogP contribution in [0.15, 0.2) is 60.7 Å². The number of halogens is 2. The summed E-state index contributed by atoms with van der Waals surface area (Å²) in [7, 11) is 1.84. The van der Waals surface area contributed by atoms with Crippen molar-refractivity contribution in [1.29, 1.82) is 0 Å². The number of aromatic nitrogens is 1. The highest BCUT2D eigenvalue weighted by molar-refractivity contribution is 6.12. The number of carboxylic acids is 1. The quantitative estimate of drug-likeness (QED) is 0.412. The zero-order valence-corrected chi connectivity index (χ0v) is 13.8. The highest BCUT2D eigenvalue weighted by atomic mass is 19.1. The number of nitrogens with zero attached hydrogens (tertiary/aromatic N) is 1. The van der Waals surface area contributed by atoms with E-state index >= 15 is 0 Å². The lowest BCUT2D eigenvalue weighted by Crippen LogP contribution is -2.33. The number of fused-ring (bicyclic) bond motifs is 2. The molecule has 26 heavy (non-hydrogen) atoms. The fraction of sp³-hybridized carbons (Fsp3) is 0.0476. The third kappa shape index (κ3) is 2.40. The second-order valence-corrected chi connectivity index (χ2v) is 6.09. The molecule has 0 spiro atoms. The summed E-state index contributed by atoms with van der Waals surface area (Å²) in [6.45, 7) is 0. The zero-order chi connectivity index (χ0) is 18.4. The Morgan fingerprint density at radius 2 is 1.65 bits per heavy atom. The number of hydrogen-bond donors (Lipinski definition) is 0. The summed E-state index contributed by atoms with van der Waals surface area (Å²) >= 11 is 0. The van der Waals surface area contributed by atoms with E-state index in [1.54, 1.807) is 30.3 Å². The summed E-state index contributed by atoms with van der Waals surface area (Å²) in [5, 5.41) is 12.8. The predicted molar refractivity (Wildman–Crippen MR) is 92.3 cm³/mol. The largest absolute Gasteiger partial charge is 0.545 e. The maximum Gasteiger partial charge on any atom is 0.213 e. The van der Waals surface area contributed by atoms with Gasteiger partial charge in [-0.2, -0.15) is 4.57 Å². The molecule has 0 fully saturated rings. The van der Waals surface area contributed by atoms with Crippen LogP contribution in [0.2, 0.25) is 0 Å². The van der Waals surface area contributed by atoms with E-state index in [1.165, 1.54) is 12.1 Å². The van der Waals surface area contributed by atoms with Crippen LogP contribution in [0.5, 0.6) is 0 Å². The van der Waals surface area contributed by atoms with Gasteiger partial charge in [0.2, 0.25) is 11.0 Å².